The Morgan fingerprint density at radius 1 is 1.13 bits per heavy atom. The molecule has 120 valence electrons. The predicted molar refractivity (Wildman–Crippen MR) is 81.2 cm³/mol. The van der Waals surface area contributed by atoms with E-state index < -0.39 is 30.1 Å². The zero-order chi connectivity index (χ0) is 17.0. The van der Waals surface area contributed by atoms with Crippen LogP contribution in [0.4, 0.5) is 14.5 Å². The van der Waals surface area contributed by atoms with E-state index in [1.807, 2.05) is 13.0 Å². The molecule has 0 fully saturated rings. The Kier molecular flexibility index (Phi) is 5.05. The number of ether oxygens (including phenoxy) is 1. The molecule has 2 rings (SSSR count). The monoisotopic (exact) mass is 319 g/mol. The number of hydrogen-bond donors (Lipinski definition) is 1. The molecule has 1 N–H and O–H groups in total. The maximum absolute atomic E-state index is 13.4. The summed E-state index contributed by atoms with van der Waals surface area (Å²) in [6.07, 6.45) is 0. The fraction of sp³-hybridized carbons (Fsp3) is 0.176. The van der Waals surface area contributed by atoms with Gasteiger partial charge in [0.2, 0.25) is 0 Å². The summed E-state index contributed by atoms with van der Waals surface area (Å²) in [6.45, 7) is 3.07. The summed E-state index contributed by atoms with van der Waals surface area (Å²) in [4.78, 5) is 23.6. The minimum absolute atomic E-state index is 0.181. The standard InChI is InChI=1S/C17H15F2NO3/c1-10-4-3-5-13(11(10)2)17(22)23-9-16(21)20-15-7-6-12(18)8-14(15)19/h3-8H,9H2,1-2H3,(H,20,21). The molecule has 0 aromatic heterocycles. The summed E-state index contributed by atoms with van der Waals surface area (Å²) in [5.74, 6) is -3.00. The van der Waals surface area contributed by atoms with Crippen LogP contribution in [-0.4, -0.2) is 18.5 Å². The Balaban J connectivity index is 1.96. The predicted octanol–water partition coefficient (Wildman–Crippen LogP) is 3.38. The van der Waals surface area contributed by atoms with Crippen molar-refractivity contribution in [1.29, 1.82) is 0 Å². The second kappa shape index (κ2) is 7.00. The van der Waals surface area contributed by atoms with Crippen molar-refractivity contribution in [3.05, 3.63) is 64.7 Å². The summed E-state index contributed by atoms with van der Waals surface area (Å²) in [6, 6.07) is 7.93. The third kappa shape index (κ3) is 4.12. The second-order valence-corrected chi connectivity index (χ2v) is 5.00. The number of halogens is 2. The first-order chi connectivity index (χ1) is 10.9. The van der Waals surface area contributed by atoms with Gasteiger partial charge in [-0.1, -0.05) is 12.1 Å². The second-order valence-electron chi connectivity index (χ2n) is 5.00. The zero-order valence-corrected chi connectivity index (χ0v) is 12.7. The lowest BCUT2D eigenvalue weighted by molar-refractivity contribution is -0.119. The lowest BCUT2D eigenvalue weighted by Crippen LogP contribution is -2.22. The molecule has 0 spiro atoms. The van der Waals surface area contributed by atoms with E-state index >= 15 is 0 Å². The van der Waals surface area contributed by atoms with E-state index in [-0.39, 0.29) is 5.69 Å². The van der Waals surface area contributed by atoms with Gasteiger partial charge in [-0.2, -0.15) is 0 Å². The fourth-order valence-electron chi connectivity index (χ4n) is 1.96. The third-order valence-corrected chi connectivity index (χ3v) is 3.36. The normalized spacial score (nSPS) is 10.3. The van der Waals surface area contributed by atoms with Gasteiger partial charge in [0, 0.05) is 6.07 Å². The van der Waals surface area contributed by atoms with Crippen LogP contribution < -0.4 is 5.32 Å². The van der Waals surface area contributed by atoms with Gasteiger partial charge in [-0.3, -0.25) is 4.79 Å². The Morgan fingerprint density at radius 2 is 1.87 bits per heavy atom. The molecule has 0 unspecified atom stereocenters. The molecule has 0 aliphatic rings. The van der Waals surface area contributed by atoms with Gasteiger partial charge < -0.3 is 10.1 Å². The van der Waals surface area contributed by atoms with Crippen molar-refractivity contribution in [2.45, 2.75) is 13.8 Å². The molecule has 0 heterocycles. The number of amides is 1. The molecule has 1 amide bonds. The highest BCUT2D eigenvalue weighted by Gasteiger charge is 2.14. The van der Waals surface area contributed by atoms with Gasteiger partial charge in [0.15, 0.2) is 6.61 Å². The van der Waals surface area contributed by atoms with Gasteiger partial charge in [0.1, 0.15) is 11.6 Å². The molecule has 2 aromatic rings. The van der Waals surface area contributed by atoms with E-state index in [1.54, 1.807) is 19.1 Å². The van der Waals surface area contributed by atoms with E-state index in [4.69, 9.17) is 4.74 Å². The molecule has 0 saturated carbocycles. The number of carbonyl (C=O) groups is 2. The lowest BCUT2D eigenvalue weighted by Gasteiger charge is -2.09. The van der Waals surface area contributed by atoms with E-state index in [2.05, 4.69) is 5.32 Å². The molecule has 6 heteroatoms. The number of aryl methyl sites for hydroxylation is 1. The zero-order valence-electron chi connectivity index (χ0n) is 12.7. The first kappa shape index (κ1) is 16.6. The molecule has 4 nitrogen and oxygen atoms in total. The topological polar surface area (TPSA) is 55.4 Å². The van der Waals surface area contributed by atoms with Gasteiger partial charge in [-0.15, -0.1) is 0 Å². The Bertz CT molecular complexity index is 759. The van der Waals surface area contributed by atoms with Gasteiger partial charge in [0.05, 0.1) is 11.3 Å². The van der Waals surface area contributed by atoms with Crippen LogP contribution in [0.2, 0.25) is 0 Å². The minimum Gasteiger partial charge on any atom is -0.452 e. The largest absolute Gasteiger partial charge is 0.452 e. The lowest BCUT2D eigenvalue weighted by atomic mass is 10.0. The van der Waals surface area contributed by atoms with Crippen LogP contribution in [0.5, 0.6) is 0 Å². The van der Waals surface area contributed by atoms with Crippen LogP contribution in [0, 0.1) is 25.5 Å². The minimum atomic E-state index is -0.904. The van der Waals surface area contributed by atoms with Crippen molar-refractivity contribution in [3.63, 3.8) is 0 Å². The Labute approximate surface area is 132 Å². The van der Waals surface area contributed by atoms with E-state index in [0.717, 1.165) is 23.3 Å². The first-order valence-electron chi connectivity index (χ1n) is 6.86. The molecule has 2 aromatic carbocycles. The van der Waals surface area contributed by atoms with Crippen molar-refractivity contribution in [2.24, 2.45) is 0 Å². The van der Waals surface area contributed by atoms with Gasteiger partial charge >= 0.3 is 5.97 Å². The summed E-state index contributed by atoms with van der Waals surface area (Å²) in [5, 5.41) is 2.21. The number of benzene rings is 2. The summed E-state index contributed by atoms with van der Waals surface area (Å²) < 4.78 is 31.1. The molecular weight excluding hydrogens is 304 g/mol. The maximum atomic E-state index is 13.4. The average molecular weight is 319 g/mol. The summed E-state index contributed by atoms with van der Waals surface area (Å²) >= 11 is 0. The third-order valence-electron chi connectivity index (χ3n) is 3.36. The van der Waals surface area contributed by atoms with E-state index in [9.17, 15) is 18.4 Å². The quantitative estimate of drug-likeness (QED) is 0.879. The van der Waals surface area contributed by atoms with Crippen molar-refractivity contribution in [3.8, 4) is 0 Å². The maximum Gasteiger partial charge on any atom is 0.338 e. The number of esters is 1. The Hall–Kier alpha value is -2.76. The van der Waals surface area contributed by atoms with Crippen LogP contribution in [-0.2, 0) is 9.53 Å². The smallest absolute Gasteiger partial charge is 0.338 e. The highest BCUT2D eigenvalue weighted by atomic mass is 19.1. The highest BCUT2D eigenvalue weighted by molar-refractivity contribution is 5.96. The summed E-state index contributed by atoms with van der Waals surface area (Å²) in [5.41, 5.74) is 1.88. The number of rotatable bonds is 4. The van der Waals surface area contributed by atoms with Crippen LogP contribution in [0.15, 0.2) is 36.4 Å². The molecule has 0 saturated heterocycles. The van der Waals surface area contributed by atoms with Crippen molar-refractivity contribution in [2.75, 3.05) is 11.9 Å². The number of hydrogen-bond acceptors (Lipinski definition) is 3. The van der Waals surface area contributed by atoms with Crippen molar-refractivity contribution >= 4 is 17.6 Å². The van der Waals surface area contributed by atoms with Crippen LogP contribution in [0.3, 0.4) is 0 Å². The SMILES string of the molecule is Cc1cccc(C(=O)OCC(=O)Nc2ccc(F)cc2F)c1C. The van der Waals surface area contributed by atoms with E-state index in [1.165, 1.54) is 0 Å². The average Bonchev–Trinajstić information content (AvgIpc) is 2.50. The molecule has 0 aliphatic carbocycles. The highest BCUT2D eigenvalue weighted by Crippen LogP contribution is 2.16. The van der Waals surface area contributed by atoms with Crippen LogP contribution in [0.1, 0.15) is 21.5 Å². The first-order valence-corrected chi connectivity index (χ1v) is 6.86. The molecule has 0 bridgehead atoms. The molecule has 0 aliphatic heterocycles. The van der Waals surface area contributed by atoms with Crippen molar-refractivity contribution in [1.82, 2.24) is 0 Å². The summed E-state index contributed by atoms with van der Waals surface area (Å²) in [7, 11) is 0. The fourth-order valence-corrected chi connectivity index (χ4v) is 1.96. The number of nitrogens with one attached hydrogen (secondary N) is 1. The van der Waals surface area contributed by atoms with Gasteiger partial charge in [0.25, 0.3) is 5.91 Å². The van der Waals surface area contributed by atoms with Gasteiger partial charge in [-0.25, -0.2) is 13.6 Å². The van der Waals surface area contributed by atoms with Crippen LogP contribution in [0.25, 0.3) is 0 Å². The van der Waals surface area contributed by atoms with E-state index in [0.29, 0.717) is 11.6 Å². The number of anilines is 1. The molecule has 0 atom stereocenters. The van der Waals surface area contributed by atoms with Crippen molar-refractivity contribution < 1.29 is 23.1 Å². The van der Waals surface area contributed by atoms with Gasteiger partial charge in [-0.05, 0) is 43.2 Å². The number of carbonyl (C=O) groups excluding carboxylic acids is 2. The molecule has 0 radical (unpaired) electrons. The molecular formula is C17H15F2NO3. The molecule has 23 heavy (non-hydrogen) atoms. The Morgan fingerprint density at radius 3 is 2.57 bits per heavy atom. The van der Waals surface area contributed by atoms with Crippen LogP contribution >= 0.6 is 0 Å².